The molecule has 0 aliphatic carbocycles. The number of aromatic nitrogens is 2. The van der Waals surface area contributed by atoms with Crippen LogP contribution < -0.4 is 4.90 Å². The molecule has 0 amide bonds. The van der Waals surface area contributed by atoms with E-state index in [0.717, 1.165) is 23.4 Å². The van der Waals surface area contributed by atoms with E-state index in [0.29, 0.717) is 42.8 Å². The second-order valence-corrected chi connectivity index (χ2v) is 11.4. The lowest BCUT2D eigenvalue weighted by atomic mass is 10.1. The van der Waals surface area contributed by atoms with Crippen LogP contribution in [0.25, 0.3) is 11.4 Å². The van der Waals surface area contributed by atoms with Crippen molar-refractivity contribution in [2.45, 2.75) is 50.1 Å². The Morgan fingerprint density at radius 2 is 1.68 bits per heavy atom. The number of nitrogens with zero attached hydrogens (tertiary/aromatic N) is 4. The van der Waals surface area contributed by atoms with Gasteiger partial charge in [0.25, 0.3) is 0 Å². The van der Waals surface area contributed by atoms with Crippen molar-refractivity contribution in [2.75, 3.05) is 24.5 Å². The zero-order valence-corrected chi connectivity index (χ0v) is 21.3. The van der Waals surface area contributed by atoms with Crippen LogP contribution in [0.2, 0.25) is 0 Å². The van der Waals surface area contributed by atoms with Gasteiger partial charge in [-0.1, -0.05) is 36.4 Å². The molecular formula is C26H27F3N4O3S. The van der Waals surface area contributed by atoms with Gasteiger partial charge in [0.15, 0.2) is 5.82 Å². The number of sulfonamides is 1. The molecule has 5 rings (SSSR count). The highest BCUT2D eigenvalue weighted by Crippen LogP contribution is 2.35. The Balaban J connectivity index is 1.55. The van der Waals surface area contributed by atoms with Gasteiger partial charge < -0.3 is 9.64 Å². The zero-order chi connectivity index (χ0) is 26.4. The van der Waals surface area contributed by atoms with Gasteiger partial charge in [0.2, 0.25) is 10.0 Å². The van der Waals surface area contributed by atoms with E-state index in [2.05, 4.69) is 4.90 Å². The third-order valence-electron chi connectivity index (χ3n) is 6.55. The maximum Gasteiger partial charge on any atom is 0.416 e. The SMILES string of the molecule is CC1CN(c2nc(-c3ccccc3)nc3c2CN(S(=O)(=O)c2cccc(C(F)(F)F)c2)CC3)CC(C)O1. The molecule has 1 saturated heterocycles. The molecule has 2 aliphatic heterocycles. The average molecular weight is 533 g/mol. The molecule has 2 atom stereocenters. The van der Waals surface area contributed by atoms with Gasteiger partial charge in [0.1, 0.15) is 5.82 Å². The van der Waals surface area contributed by atoms with E-state index in [4.69, 9.17) is 14.7 Å². The molecule has 0 spiro atoms. The molecular weight excluding hydrogens is 505 g/mol. The van der Waals surface area contributed by atoms with Gasteiger partial charge in [-0.15, -0.1) is 0 Å². The van der Waals surface area contributed by atoms with Crippen molar-refractivity contribution in [3.63, 3.8) is 0 Å². The summed E-state index contributed by atoms with van der Waals surface area (Å²) >= 11 is 0. The molecule has 1 fully saturated rings. The van der Waals surface area contributed by atoms with Crippen LogP contribution in [0.15, 0.2) is 59.5 Å². The highest BCUT2D eigenvalue weighted by molar-refractivity contribution is 7.89. The number of ether oxygens (including phenoxy) is 1. The molecule has 11 heteroatoms. The summed E-state index contributed by atoms with van der Waals surface area (Å²) in [6, 6.07) is 13.4. The number of benzene rings is 2. The lowest BCUT2D eigenvalue weighted by Crippen LogP contribution is -2.47. The van der Waals surface area contributed by atoms with Crippen LogP contribution in [0.5, 0.6) is 0 Å². The van der Waals surface area contributed by atoms with Crippen molar-refractivity contribution in [1.82, 2.24) is 14.3 Å². The van der Waals surface area contributed by atoms with E-state index in [1.54, 1.807) is 0 Å². The Morgan fingerprint density at radius 3 is 2.35 bits per heavy atom. The minimum absolute atomic E-state index is 0.0293. The quantitative estimate of drug-likeness (QED) is 0.492. The van der Waals surface area contributed by atoms with E-state index in [1.165, 1.54) is 10.4 Å². The van der Waals surface area contributed by atoms with E-state index in [9.17, 15) is 21.6 Å². The second kappa shape index (κ2) is 9.70. The van der Waals surface area contributed by atoms with Crippen LogP contribution in [0, 0.1) is 0 Å². The average Bonchev–Trinajstić information content (AvgIpc) is 2.87. The smallest absolute Gasteiger partial charge is 0.372 e. The molecule has 0 N–H and O–H groups in total. The van der Waals surface area contributed by atoms with Crippen LogP contribution >= 0.6 is 0 Å². The lowest BCUT2D eigenvalue weighted by Gasteiger charge is -2.38. The van der Waals surface area contributed by atoms with Crippen LogP contribution in [0.3, 0.4) is 0 Å². The molecule has 2 aromatic carbocycles. The molecule has 0 bridgehead atoms. The van der Waals surface area contributed by atoms with Crippen molar-refractivity contribution in [3.05, 3.63) is 71.4 Å². The summed E-state index contributed by atoms with van der Waals surface area (Å²) in [6.07, 6.45) is -4.43. The third kappa shape index (κ3) is 5.21. The van der Waals surface area contributed by atoms with Crippen molar-refractivity contribution >= 4 is 15.8 Å². The lowest BCUT2D eigenvalue weighted by molar-refractivity contribution is -0.137. The molecule has 1 aromatic heterocycles. The first-order chi connectivity index (χ1) is 17.5. The zero-order valence-electron chi connectivity index (χ0n) is 20.4. The molecule has 2 aliphatic rings. The first-order valence-electron chi connectivity index (χ1n) is 12.1. The van der Waals surface area contributed by atoms with Gasteiger partial charge in [0, 0.05) is 43.7 Å². The summed E-state index contributed by atoms with van der Waals surface area (Å²) in [5.41, 5.74) is 1.26. The predicted molar refractivity (Wildman–Crippen MR) is 132 cm³/mol. The maximum absolute atomic E-state index is 13.4. The number of hydrogen-bond donors (Lipinski definition) is 0. The van der Waals surface area contributed by atoms with Gasteiger partial charge >= 0.3 is 6.18 Å². The Labute approximate surface area is 214 Å². The summed E-state index contributed by atoms with van der Waals surface area (Å²) in [5.74, 6) is 1.19. The van der Waals surface area contributed by atoms with Crippen molar-refractivity contribution in [1.29, 1.82) is 0 Å². The van der Waals surface area contributed by atoms with Crippen molar-refractivity contribution < 1.29 is 26.3 Å². The van der Waals surface area contributed by atoms with Gasteiger partial charge in [-0.05, 0) is 32.0 Å². The molecule has 0 radical (unpaired) electrons. The van der Waals surface area contributed by atoms with E-state index in [1.807, 2.05) is 44.2 Å². The van der Waals surface area contributed by atoms with Gasteiger partial charge in [-0.3, -0.25) is 0 Å². The predicted octanol–water partition coefficient (Wildman–Crippen LogP) is 4.52. The number of halogens is 3. The highest BCUT2D eigenvalue weighted by atomic mass is 32.2. The standard InChI is InChI=1S/C26H27F3N4O3S/c1-17-14-32(15-18(2)36-17)25-22-16-33(37(34,35)21-10-6-9-20(13-21)26(27,28)29)12-11-23(22)30-24(31-25)19-7-4-3-5-8-19/h3-10,13,17-18H,11-12,14-16H2,1-2H3. The highest BCUT2D eigenvalue weighted by Gasteiger charge is 2.36. The fourth-order valence-electron chi connectivity index (χ4n) is 4.89. The first-order valence-corrected chi connectivity index (χ1v) is 13.5. The summed E-state index contributed by atoms with van der Waals surface area (Å²) in [6.45, 7) is 5.16. The van der Waals surface area contributed by atoms with Gasteiger partial charge in [-0.25, -0.2) is 18.4 Å². The van der Waals surface area contributed by atoms with Crippen LogP contribution in [0.1, 0.15) is 30.7 Å². The van der Waals surface area contributed by atoms with Crippen molar-refractivity contribution in [2.24, 2.45) is 0 Å². The molecule has 7 nitrogen and oxygen atoms in total. The maximum atomic E-state index is 13.4. The van der Waals surface area contributed by atoms with Gasteiger partial charge in [0.05, 0.1) is 28.4 Å². The van der Waals surface area contributed by atoms with Crippen LogP contribution in [-0.4, -0.2) is 54.5 Å². The summed E-state index contributed by atoms with van der Waals surface area (Å²) in [5, 5.41) is 0. The molecule has 196 valence electrons. The number of hydrogen-bond acceptors (Lipinski definition) is 6. The van der Waals surface area contributed by atoms with Crippen molar-refractivity contribution in [3.8, 4) is 11.4 Å². The van der Waals surface area contributed by atoms with Gasteiger partial charge in [-0.2, -0.15) is 17.5 Å². The normalized spacial score (nSPS) is 21.1. The number of morpholine rings is 1. The Morgan fingerprint density at radius 1 is 0.973 bits per heavy atom. The van der Waals surface area contributed by atoms with Crippen LogP contribution in [0.4, 0.5) is 19.0 Å². The van der Waals surface area contributed by atoms with Crippen LogP contribution in [-0.2, 0) is 33.9 Å². The second-order valence-electron chi connectivity index (χ2n) is 9.44. The van der Waals surface area contributed by atoms with E-state index >= 15 is 0 Å². The fourth-order valence-corrected chi connectivity index (χ4v) is 6.34. The molecule has 3 heterocycles. The first kappa shape index (κ1) is 25.6. The minimum atomic E-state index is -4.64. The topological polar surface area (TPSA) is 75.6 Å². The Hall–Kier alpha value is -3.02. The molecule has 0 saturated carbocycles. The summed E-state index contributed by atoms with van der Waals surface area (Å²) in [7, 11) is -4.18. The van der Waals surface area contributed by atoms with E-state index < -0.39 is 21.8 Å². The Bertz CT molecular complexity index is 1390. The number of alkyl halides is 3. The Kier molecular flexibility index (Phi) is 6.71. The number of rotatable bonds is 4. The van der Waals surface area contributed by atoms with E-state index in [-0.39, 0.29) is 30.2 Å². The molecule has 3 aromatic rings. The fraction of sp³-hybridized carbons (Fsp3) is 0.385. The molecule has 2 unspecified atom stereocenters. The number of fused-ring (bicyclic) bond motifs is 1. The molecule has 37 heavy (non-hydrogen) atoms. The summed E-state index contributed by atoms with van der Waals surface area (Å²) in [4.78, 5) is 11.4. The third-order valence-corrected chi connectivity index (χ3v) is 8.39. The minimum Gasteiger partial charge on any atom is -0.372 e. The largest absolute Gasteiger partial charge is 0.416 e. The number of anilines is 1. The summed E-state index contributed by atoms with van der Waals surface area (Å²) < 4.78 is 73.7. The monoisotopic (exact) mass is 532 g/mol.